The molecule has 1 heterocycles. The van der Waals surface area contributed by atoms with Crippen LogP contribution < -0.4 is 0 Å². The van der Waals surface area contributed by atoms with Crippen molar-refractivity contribution in [3.63, 3.8) is 0 Å². The standard InChI is InChI=1S/C13H23NO3/c1-12(2,3)17-11(15)14-8-10-5-6-13(14,7-10)9-16-4/h10H,5-9H2,1-4H3. The Hall–Kier alpha value is -0.770. The molecule has 1 aliphatic heterocycles. The number of hydrogen-bond acceptors (Lipinski definition) is 3. The third kappa shape index (κ3) is 2.41. The molecule has 2 aliphatic rings. The van der Waals surface area contributed by atoms with Gasteiger partial charge in [0.25, 0.3) is 0 Å². The van der Waals surface area contributed by atoms with Crippen molar-refractivity contribution in [1.29, 1.82) is 0 Å². The van der Waals surface area contributed by atoms with E-state index in [4.69, 9.17) is 9.47 Å². The van der Waals surface area contributed by atoms with E-state index in [1.807, 2.05) is 25.7 Å². The van der Waals surface area contributed by atoms with Gasteiger partial charge in [-0.1, -0.05) is 0 Å². The number of piperidine rings is 1. The second-order valence-corrected chi connectivity index (χ2v) is 6.36. The van der Waals surface area contributed by atoms with Gasteiger partial charge >= 0.3 is 6.09 Å². The molecule has 1 aliphatic carbocycles. The molecule has 2 atom stereocenters. The Morgan fingerprint density at radius 2 is 2.18 bits per heavy atom. The molecule has 98 valence electrons. The Kier molecular flexibility index (Phi) is 3.10. The van der Waals surface area contributed by atoms with E-state index < -0.39 is 5.60 Å². The van der Waals surface area contributed by atoms with Gasteiger partial charge < -0.3 is 9.47 Å². The summed E-state index contributed by atoms with van der Waals surface area (Å²) >= 11 is 0. The molecule has 0 aromatic heterocycles. The Balaban J connectivity index is 2.08. The van der Waals surface area contributed by atoms with Crippen LogP contribution in [-0.2, 0) is 9.47 Å². The first-order valence-electron chi connectivity index (χ1n) is 6.36. The van der Waals surface area contributed by atoms with Gasteiger partial charge in [-0.25, -0.2) is 4.79 Å². The molecule has 0 aromatic rings. The molecule has 0 radical (unpaired) electrons. The van der Waals surface area contributed by atoms with Gasteiger partial charge in [0, 0.05) is 13.7 Å². The van der Waals surface area contributed by atoms with E-state index >= 15 is 0 Å². The van der Waals surface area contributed by atoms with Gasteiger partial charge in [-0.05, 0) is 46.0 Å². The van der Waals surface area contributed by atoms with Crippen molar-refractivity contribution in [2.75, 3.05) is 20.3 Å². The van der Waals surface area contributed by atoms with Crippen molar-refractivity contribution in [2.45, 2.75) is 51.2 Å². The Morgan fingerprint density at radius 1 is 1.47 bits per heavy atom. The van der Waals surface area contributed by atoms with E-state index in [0.29, 0.717) is 12.5 Å². The summed E-state index contributed by atoms with van der Waals surface area (Å²) in [5, 5.41) is 0. The van der Waals surface area contributed by atoms with Crippen LogP contribution in [0.2, 0.25) is 0 Å². The lowest BCUT2D eigenvalue weighted by Crippen LogP contribution is -2.52. The average Bonchev–Trinajstić information content (AvgIpc) is 2.72. The average molecular weight is 241 g/mol. The van der Waals surface area contributed by atoms with E-state index in [1.165, 1.54) is 6.42 Å². The minimum atomic E-state index is -0.423. The fourth-order valence-corrected chi connectivity index (χ4v) is 3.13. The predicted molar refractivity (Wildman–Crippen MR) is 64.9 cm³/mol. The lowest BCUT2D eigenvalue weighted by Gasteiger charge is -2.39. The van der Waals surface area contributed by atoms with Gasteiger partial charge in [-0.3, -0.25) is 4.90 Å². The van der Waals surface area contributed by atoms with Crippen LogP contribution in [0.15, 0.2) is 0 Å². The molecule has 2 bridgehead atoms. The molecule has 0 aromatic carbocycles. The number of ether oxygens (including phenoxy) is 2. The van der Waals surface area contributed by atoms with Crippen LogP contribution in [0, 0.1) is 5.92 Å². The fourth-order valence-electron chi connectivity index (χ4n) is 3.13. The molecule has 1 saturated carbocycles. The normalized spacial score (nSPS) is 32.0. The van der Waals surface area contributed by atoms with Crippen LogP contribution in [0.4, 0.5) is 4.79 Å². The topological polar surface area (TPSA) is 38.8 Å². The van der Waals surface area contributed by atoms with Gasteiger partial charge in [-0.2, -0.15) is 0 Å². The van der Waals surface area contributed by atoms with E-state index in [1.54, 1.807) is 7.11 Å². The molecule has 2 fully saturated rings. The number of likely N-dealkylation sites (tertiary alicyclic amines) is 1. The largest absolute Gasteiger partial charge is 0.444 e. The molecular weight excluding hydrogens is 218 g/mol. The monoisotopic (exact) mass is 241 g/mol. The molecule has 0 N–H and O–H groups in total. The summed E-state index contributed by atoms with van der Waals surface area (Å²) < 4.78 is 10.8. The molecular formula is C13H23NO3. The van der Waals surface area contributed by atoms with Gasteiger partial charge in [0.2, 0.25) is 0 Å². The van der Waals surface area contributed by atoms with Crippen molar-refractivity contribution in [3.8, 4) is 0 Å². The minimum Gasteiger partial charge on any atom is -0.444 e. The number of rotatable bonds is 2. The summed E-state index contributed by atoms with van der Waals surface area (Å²) in [7, 11) is 1.70. The van der Waals surface area contributed by atoms with E-state index in [0.717, 1.165) is 19.4 Å². The van der Waals surface area contributed by atoms with Crippen LogP contribution in [0.1, 0.15) is 40.0 Å². The first kappa shape index (κ1) is 12.7. The zero-order chi connectivity index (χ0) is 12.7. The molecule has 1 saturated heterocycles. The maximum absolute atomic E-state index is 12.2. The van der Waals surface area contributed by atoms with Gasteiger partial charge in [0.1, 0.15) is 5.60 Å². The zero-order valence-corrected chi connectivity index (χ0v) is 11.3. The van der Waals surface area contributed by atoms with E-state index in [2.05, 4.69) is 0 Å². The quantitative estimate of drug-likeness (QED) is 0.745. The van der Waals surface area contributed by atoms with Gasteiger partial charge in [-0.15, -0.1) is 0 Å². The predicted octanol–water partition coefficient (Wildman–Crippen LogP) is 2.42. The second kappa shape index (κ2) is 4.16. The van der Waals surface area contributed by atoms with Crippen LogP contribution in [-0.4, -0.2) is 42.4 Å². The maximum Gasteiger partial charge on any atom is 0.410 e. The summed E-state index contributed by atoms with van der Waals surface area (Å²) in [6.45, 7) is 7.17. The first-order valence-corrected chi connectivity index (χ1v) is 6.36. The molecule has 2 unspecified atom stereocenters. The van der Waals surface area contributed by atoms with Crippen molar-refractivity contribution >= 4 is 6.09 Å². The summed E-state index contributed by atoms with van der Waals surface area (Å²) in [6.07, 6.45) is 3.14. The molecule has 4 heteroatoms. The van der Waals surface area contributed by atoms with Gasteiger partial charge in [0.15, 0.2) is 0 Å². The number of amides is 1. The summed E-state index contributed by atoms with van der Waals surface area (Å²) in [5.74, 6) is 0.637. The number of fused-ring (bicyclic) bond motifs is 2. The molecule has 2 rings (SSSR count). The van der Waals surface area contributed by atoms with Crippen molar-refractivity contribution in [3.05, 3.63) is 0 Å². The van der Waals surface area contributed by atoms with Crippen molar-refractivity contribution < 1.29 is 14.3 Å². The zero-order valence-electron chi connectivity index (χ0n) is 11.3. The van der Waals surface area contributed by atoms with Crippen LogP contribution >= 0.6 is 0 Å². The molecule has 0 spiro atoms. The SMILES string of the molecule is COCC12CCC(CN1C(=O)OC(C)(C)C)C2. The number of hydrogen-bond donors (Lipinski definition) is 0. The minimum absolute atomic E-state index is 0.0955. The summed E-state index contributed by atoms with van der Waals surface area (Å²) in [6, 6.07) is 0. The van der Waals surface area contributed by atoms with Crippen LogP contribution in [0.25, 0.3) is 0 Å². The highest BCUT2D eigenvalue weighted by molar-refractivity contribution is 5.70. The molecule has 17 heavy (non-hydrogen) atoms. The number of carbonyl (C=O) groups excluding carboxylic acids is 1. The Labute approximate surface area is 103 Å². The van der Waals surface area contributed by atoms with Crippen LogP contribution in [0.3, 0.4) is 0 Å². The Bertz CT molecular complexity index is 310. The third-order valence-electron chi connectivity index (χ3n) is 3.73. The summed E-state index contributed by atoms with van der Waals surface area (Å²) in [5.41, 5.74) is -0.519. The highest BCUT2D eigenvalue weighted by atomic mass is 16.6. The smallest absolute Gasteiger partial charge is 0.410 e. The fraction of sp³-hybridized carbons (Fsp3) is 0.923. The summed E-state index contributed by atoms with van der Waals surface area (Å²) in [4.78, 5) is 14.1. The lowest BCUT2D eigenvalue weighted by atomic mass is 9.99. The van der Waals surface area contributed by atoms with Gasteiger partial charge in [0.05, 0.1) is 12.1 Å². The van der Waals surface area contributed by atoms with Crippen molar-refractivity contribution in [1.82, 2.24) is 4.90 Å². The first-order chi connectivity index (χ1) is 7.86. The van der Waals surface area contributed by atoms with Crippen LogP contribution in [0.5, 0.6) is 0 Å². The highest BCUT2D eigenvalue weighted by Gasteiger charge is 2.53. The third-order valence-corrected chi connectivity index (χ3v) is 3.73. The Morgan fingerprint density at radius 3 is 2.71 bits per heavy atom. The molecule has 1 amide bonds. The van der Waals surface area contributed by atoms with E-state index in [9.17, 15) is 4.79 Å². The second-order valence-electron chi connectivity index (χ2n) is 6.36. The number of carbonyl (C=O) groups is 1. The highest BCUT2D eigenvalue weighted by Crippen LogP contribution is 2.47. The molecule has 4 nitrogen and oxygen atoms in total. The number of methoxy groups -OCH3 is 1. The maximum atomic E-state index is 12.2. The number of nitrogens with zero attached hydrogens (tertiary/aromatic N) is 1. The van der Waals surface area contributed by atoms with E-state index in [-0.39, 0.29) is 11.6 Å². The van der Waals surface area contributed by atoms with Crippen molar-refractivity contribution in [2.24, 2.45) is 5.92 Å². The lowest BCUT2D eigenvalue weighted by molar-refractivity contribution is -0.0155.